The van der Waals surface area contributed by atoms with Gasteiger partial charge in [0.25, 0.3) is 10.0 Å². The van der Waals surface area contributed by atoms with Gasteiger partial charge in [-0.1, -0.05) is 45.8 Å². The molecule has 0 bridgehead atoms. The molecule has 0 N–H and O–H groups in total. The third-order valence-electron chi connectivity index (χ3n) is 4.11. The molecule has 0 fully saturated rings. The van der Waals surface area contributed by atoms with Crippen molar-refractivity contribution in [3.63, 3.8) is 0 Å². The van der Waals surface area contributed by atoms with Crippen LogP contribution in [0.15, 0.2) is 76.1 Å². The van der Waals surface area contributed by atoms with Gasteiger partial charge >= 0.3 is 0 Å². The predicted molar refractivity (Wildman–Crippen MR) is 100 cm³/mol. The summed E-state index contributed by atoms with van der Waals surface area (Å²) in [5.74, 6) is 0. The Morgan fingerprint density at radius 3 is 2.38 bits per heavy atom. The number of sulfonamides is 1. The van der Waals surface area contributed by atoms with Crippen LogP contribution in [0.5, 0.6) is 0 Å². The molecule has 0 unspecified atom stereocenters. The Hall–Kier alpha value is -2.11. The minimum absolute atomic E-state index is 0.336. The van der Waals surface area contributed by atoms with Gasteiger partial charge in [0.15, 0.2) is 0 Å². The van der Waals surface area contributed by atoms with Crippen LogP contribution in [-0.2, 0) is 10.0 Å². The fraction of sp³-hybridized carbons (Fsp3) is 0.0526. The molecule has 4 rings (SSSR count). The van der Waals surface area contributed by atoms with Crippen molar-refractivity contribution >= 4 is 37.3 Å². The zero-order chi connectivity index (χ0) is 16.9. The molecule has 1 heterocycles. The highest BCUT2D eigenvalue weighted by molar-refractivity contribution is 9.10. The number of fused-ring (bicyclic) bond motifs is 3. The summed E-state index contributed by atoms with van der Waals surface area (Å²) >= 11 is 3.50. The lowest BCUT2D eigenvalue weighted by Gasteiger charge is -2.32. The van der Waals surface area contributed by atoms with E-state index in [4.69, 9.17) is 0 Å². The zero-order valence-electron chi connectivity index (χ0n) is 12.9. The van der Waals surface area contributed by atoms with Gasteiger partial charge < -0.3 is 0 Å². The van der Waals surface area contributed by atoms with E-state index in [1.165, 1.54) is 4.31 Å². The Morgan fingerprint density at radius 2 is 1.62 bits per heavy atom. The summed E-state index contributed by atoms with van der Waals surface area (Å²) in [6.07, 6.45) is 0. The largest absolute Gasteiger partial charge is 0.269 e. The molecule has 0 amide bonds. The maximum Gasteiger partial charge on any atom is 0.269 e. The number of hydrogen-bond donors (Lipinski definition) is 0. The molecule has 0 atom stereocenters. The van der Waals surface area contributed by atoms with Crippen molar-refractivity contribution < 1.29 is 8.42 Å². The van der Waals surface area contributed by atoms with E-state index in [1.54, 1.807) is 6.07 Å². The van der Waals surface area contributed by atoms with Gasteiger partial charge in [-0.3, -0.25) is 0 Å². The molecule has 0 saturated heterocycles. The number of nitrogens with zero attached hydrogens (tertiary/aromatic N) is 1. The molecule has 0 saturated carbocycles. The summed E-state index contributed by atoms with van der Waals surface area (Å²) in [6, 6.07) is 20.3. The van der Waals surface area contributed by atoms with E-state index >= 15 is 0 Å². The molecule has 120 valence electrons. The van der Waals surface area contributed by atoms with Gasteiger partial charge in [-0.2, -0.15) is 0 Å². The second-order valence-corrected chi connectivity index (χ2v) is 8.44. The maximum absolute atomic E-state index is 13.3. The van der Waals surface area contributed by atoms with Crippen LogP contribution in [0, 0.1) is 6.92 Å². The minimum Gasteiger partial charge on any atom is -0.234 e. The number of rotatable bonds is 1. The van der Waals surface area contributed by atoms with Crippen molar-refractivity contribution in [1.82, 2.24) is 0 Å². The van der Waals surface area contributed by atoms with Crippen molar-refractivity contribution in [2.24, 2.45) is 0 Å². The third-order valence-corrected chi connectivity index (χ3v) is 6.40. The van der Waals surface area contributed by atoms with Crippen LogP contribution in [-0.4, -0.2) is 8.42 Å². The number of anilines is 2. The quantitative estimate of drug-likeness (QED) is 0.559. The van der Waals surface area contributed by atoms with Crippen molar-refractivity contribution in [2.45, 2.75) is 11.8 Å². The number of hydrogen-bond acceptors (Lipinski definition) is 2. The van der Waals surface area contributed by atoms with Crippen molar-refractivity contribution in [1.29, 1.82) is 0 Å². The first kappa shape index (κ1) is 15.4. The van der Waals surface area contributed by atoms with Gasteiger partial charge in [0.1, 0.15) is 0 Å². The summed E-state index contributed by atoms with van der Waals surface area (Å²) in [5.41, 5.74) is 3.98. The molecule has 3 aromatic carbocycles. The number of aryl methyl sites for hydroxylation is 1. The van der Waals surface area contributed by atoms with Crippen LogP contribution in [0.1, 0.15) is 5.56 Å². The Balaban J connectivity index is 2.10. The Labute approximate surface area is 149 Å². The number of benzene rings is 3. The second-order valence-electron chi connectivity index (χ2n) is 5.77. The van der Waals surface area contributed by atoms with Gasteiger partial charge in [-0.05, 0) is 49.4 Å². The molecule has 3 nitrogen and oxygen atoms in total. The summed E-state index contributed by atoms with van der Waals surface area (Å²) in [5, 5.41) is 0. The first-order valence-electron chi connectivity index (χ1n) is 7.49. The Morgan fingerprint density at radius 1 is 0.875 bits per heavy atom. The first-order valence-corrected chi connectivity index (χ1v) is 9.73. The molecule has 3 aromatic rings. The van der Waals surface area contributed by atoms with E-state index in [-0.39, 0.29) is 0 Å². The smallest absolute Gasteiger partial charge is 0.234 e. The van der Waals surface area contributed by atoms with E-state index < -0.39 is 10.0 Å². The zero-order valence-corrected chi connectivity index (χ0v) is 15.3. The van der Waals surface area contributed by atoms with Crippen LogP contribution in [0.25, 0.3) is 11.1 Å². The maximum atomic E-state index is 13.3. The highest BCUT2D eigenvalue weighted by Gasteiger charge is 2.35. The molecular formula is C19H14BrNO2S. The molecule has 0 aromatic heterocycles. The highest BCUT2D eigenvalue weighted by Crippen LogP contribution is 2.47. The highest BCUT2D eigenvalue weighted by atomic mass is 79.9. The molecule has 1 aliphatic heterocycles. The fourth-order valence-corrected chi connectivity index (χ4v) is 5.11. The van der Waals surface area contributed by atoms with Crippen LogP contribution in [0.3, 0.4) is 0 Å². The molecule has 0 radical (unpaired) electrons. The predicted octanol–water partition coefficient (Wildman–Crippen LogP) is 5.26. The SMILES string of the molecule is Cc1ccc2c(c1)-c1cc(Br)ccc1N(c1ccccc1)S2(=O)=O. The third kappa shape index (κ3) is 2.27. The Bertz CT molecular complexity index is 1050. The number of para-hydroxylation sites is 1. The van der Waals surface area contributed by atoms with Gasteiger partial charge in [0, 0.05) is 15.6 Å². The van der Waals surface area contributed by atoms with Gasteiger partial charge in [-0.15, -0.1) is 0 Å². The first-order chi connectivity index (χ1) is 11.5. The molecule has 1 aliphatic rings. The molecular weight excluding hydrogens is 386 g/mol. The van der Waals surface area contributed by atoms with E-state index in [0.717, 1.165) is 21.2 Å². The second kappa shape index (κ2) is 5.46. The molecule has 5 heteroatoms. The normalized spacial score (nSPS) is 14.8. The van der Waals surface area contributed by atoms with Crippen molar-refractivity contribution in [2.75, 3.05) is 4.31 Å². The van der Waals surface area contributed by atoms with Gasteiger partial charge in [0.05, 0.1) is 16.3 Å². The summed E-state index contributed by atoms with van der Waals surface area (Å²) < 4.78 is 28.9. The lowest BCUT2D eigenvalue weighted by molar-refractivity contribution is 0.596. The average Bonchev–Trinajstić information content (AvgIpc) is 2.56. The minimum atomic E-state index is -3.66. The monoisotopic (exact) mass is 399 g/mol. The van der Waals surface area contributed by atoms with Gasteiger partial charge in [-0.25, -0.2) is 12.7 Å². The Kier molecular flexibility index (Phi) is 3.51. The van der Waals surface area contributed by atoms with Crippen LogP contribution < -0.4 is 4.31 Å². The summed E-state index contributed by atoms with van der Waals surface area (Å²) in [6.45, 7) is 1.97. The topological polar surface area (TPSA) is 37.4 Å². The molecule has 0 aliphatic carbocycles. The lowest BCUT2D eigenvalue weighted by atomic mass is 10.0. The van der Waals surface area contributed by atoms with Crippen LogP contribution in [0.2, 0.25) is 0 Å². The van der Waals surface area contributed by atoms with E-state index in [1.807, 2.05) is 67.6 Å². The number of halogens is 1. The average molecular weight is 400 g/mol. The molecule has 24 heavy (non-hydrogen) atoms. The van der Waals surface area contributed by atoms with E-state index in [0.29, 0.717) is 16.3 Å². The molecule has 0 spiro atoms. The van der Waals surface area contributed by atoms with E-state index in [2.05, 4.69) is 15.9 Å². The standard InChI is InChI=1S/C19H14BrNO2S/c1-13-7-10-19-17(11-13)16-12-14(20)8-9-18(16)21(24(19,22)23)15-5-3-2-4-6-15/h2-12H,1H3. The van der Waals surface area contributed by atoms with Crippen LogP contribution >= 0.6 is 15.9 Å². The van der Waals surface area contributed by atoms with Gasteiger partial charge in [0.2, 0.25) is 0 Å². The summed E-state index contributed by atoms with van der Waals surface area (Å²) in [4.78, 5) is 0.336. The van der Waals surface area contributed by atoms with Crippen LogP contribution in [0.4, 0.5) is 11.4 Å². The lowest BCUT2D eigenvalue weighted by Crippen LogP contribution is -2.30. The van der Waals surface area contributed by atoms with Crippen molar-refractivity contribution in [3.8, 4) is 11.1 Å². The fourth-order valence-electron chi connectivity index (χ4n) is 3.05. The van der Waals surface area contributed by atoms with Crippen molar-refractivity contribution in [3.05, 3.63) is 76.8 Å². The summed E-state index contributed by atoms with van der Waals surface area (Å²) in [7, 11) is -3.66. The van der Waals surface area contributed by atoms with E-state index in [9.17, 15) is 8.42 Å².